The van der Waals surface area contributed by atoms with Crippen molar-refractivity contribution in [2.75, 3.05) is 0 Å². The van der Waals surface area contributed by atoms with Gasteiger partial charge in [0.05, 0.1) is 0 Å². The number of rotatable bonds is 3. The van der Waals surface area contributed by atoms with E-state index in [-0.39, 0.29) is 17.9 Å². The Morgan fingerprint density at radius 3 is 2.60 bits per heavy atom. The van der Waals surface area contributed by atoms with Crippen LogP contribution < -0.4 is 11.1 Å². The number of hydrogen-bond donors (Lipinski definition) is 2. The van der Waals surface area contributed by atoms with Crippen LogP contribution in [0, 0.1) is 0 Å². The molecule has 3 atom stereocenters. The summed E-state index contributed by atoms with van der Waals surface area (Å²) in [5.41, 5.74) is 5.41. The zero-order valence-corrected chi connectivity index (χ0v) is 11.9. The highest BCUT2D eigenvalue weighted by atomic mass is 16.2. The van der Waals surface area contributed by atoms with Crippen LogP contribution in [0.1, 0.15) is 51.9 Å². The van der Waals surface area contributed by atoms with Crippen LogP contribution in [0.5, 0.6) is 0 Å². The summed E-state index contributed by atoms with van der Waals surface area (Å²) in [6, 6.07) is -0.918. The van der Waals surface area contributed by atoms with Crippen molar-refractivity contribution in [3.63, 3.8) is 0 Å². The molecule has 2 saturated heterocycles. The highest BCUT2D eigenvalue weighted by molar-refractivity contribution is 5.92. The highest BCUT2D eigenvalue weighted by Crippen LogP contribution is 2.31. The largest absolute Gasteiger partial charge is 0.368 e. The molecule has 3 amide bonds. The van der Waals surface area contributed by atoms with Crippen LogP contribution in [-0.4, -0.2) is 40.7 Å². The van der Waals surface area contributed by atoms with Gasteiger partial charge in [0.15, 0.2) is 0 Å². The summed E-state index contributed by atoms with van der Waals surface area (Å²) in [7, 11) is 0. The number of nitrogens with zero attached hydrogens (tertiary/aromatic N) is 1. The fourth-order valence-corrected chi connectivity index (χ4v) is 3.24. The molecule has 6 heteroatoms. The molecule has 2 aliphatic heterocycles. The van der Waals surface area contributed by atoms with Gasteiger partial charge in [-0.1, -0.05) is 19.8 Å². The lowest BCUT2D eigenvalue weighted by Crippen LogP contribution is -2.55. The lowest BCUT2D eigenvalue weighted by molar-refractivity contribution is -0.143. The van der Waals surface area contributed by atoms with E-state index in [1.165, 1.54) is 0 Å². The van der Waals surface area contributed by atoms with E-state index in [0.717, 1.165) is 25.7 Å². The Balaban J connectivity index is 2.17. The van der Waals surface area contributed by atoms with E-state index >= 15 is 0 Å². The number of nitrogens with one attached hydrogen (secondary N) is 1. The van der Waals surface area contributed by atoms with Gasteiger partial charge in [-0.2, -0.15) is 0 Å². The first kappa shape index (κ1) is 14.8. The predicted molar refractivity (Wildman–Crippen MR) is 73.5 cm³/mol. The smallest absolute Gasteiger partial charge is 0.246 e. The molecule has 0 aromatic heterocycles. The van der Waals surface area contributed by atoms with E-state index in [1.807, 2.05) is 0 Å². The Bertz CT molecular complexity index is 410. The van der Waals surface area contributed by atoms with Crippen LogP contribution in [-0.2, 0) is 14.4 Å². The first-order valence-corrected chi connectivity index (χ1v) is 7.45. The average molecular weight is 281 g/mol. The molecule has 0 spiro atoms. The molecule has 2 aliphatic rings. The molecule has 0 aliphatic carbocycles. The fourth-order valence-electron chi connectivity index (χ4n) is 3.24. The summed E-state index contributed by atoms with van der Waals surface area (Å²) in [4.78, 5) is 37.4. The predicted octanol–water partition coefficient (Wildman–Crippen LogP) is 0.300. The van der Waals surface area contributed by atoms with E-state index in [0.29, 0.717) is 19.3 Å². The number of fused-ring (bicyclic) bond motifs is 1. The zero-order valence-electron chi connectivity index (χ0n) is 11.9. The lowest BCUT2D eigenvalue weighted by atomic mass is 9.99. The minimum atomic E-state index is -0.509. The van der Waals surface area contributed by atoms with Crippen LogP contribution in [0.4, 0.5) is 0 Å². The maximum absolute atomic E-state index is 12.6. The molecule has 6 nitrogen and oxygen atoms in total. The Kier molecular flexibility index (Phi) is 4.62. The van der Waals surface area contributed by atoms with Gasteiger partial charge >= 0.3 is 0 Å². The first-order valence-electron chi connectivity index (χ1n) is 7.45. The van der Waals surface area contributed by atoms with Crippen molar-refractivity contribution in [3.05, 3.63) is 0 Å². The van der Waals surface area contributed by atoms with Crippen molar-refractivity contribution in [2.45, 2.75) is 70.0 Å². The molecule has 0 saturated carbocycles. The second kappa shape index (κ2) is 6.24. The third kappa shape index (κ3) is 2.94. The van der Waals surface area contributed by atoms with Gasteiger partial charge in [-0.3, -0.25) is 14.4 Å². The van der Waals surface area contributed by atoms with E-state index in [9.17, 15) is 14.4 Å². The summed E-state index contributed by atoms with van der Waals surface area (Å²) in [5.74, 6) is -0.713. The molecule has 0 unspecified atom stereocenters. The van der Waals surface area contributed by atoms with Crippen molar-refractivity contribution >= 4 is 17.7 Å². The molecule has 0 aromatic rings. The number of carbonyl (C=O) groups is 3. The van der Waals surface area contributed by atoms with Gasteiger partial charge in [0.1, 0.15) is 12.1 Å². The average Bonchev–Trinajstić information content (AvgIpc) is 2.83. The summed E-state index contributed by atoms with van der Waals surface area (Å²) in [6.07, 6.45) is 5.31. The first-order chi connectivity index (χ1) is 9.54. The molecule has 2 heterocycles. The minimum Gasteiger partial charge on any atom is -0.368 e. The van der Waals surface area contributed by atoms with Crippen molar-refractivity contribution in [1.82, 2.24) is 10.2 Å². The topological polar surface area (TPSA) is 92.5 Å². The third-order valence-corrected chi connectivity index (χ3v) is 4.32. The van der Waals surface area contributed by atoms with Crippen LogP contribution in [0.3, 0.4) is 0 Å². The van der Waals surface area contributed by atoms with Gasteiger partial charge in [0.25, 0.3) is 0 Å². The van der Waals surface area contributed by atoms with E-state index in [1.54, 1.807) is 11.8 Å². The van der Waals surface area contributed by atoms with Crippen molar-refractivity contribution in [1.29, 1.82) is 0 Å². The van der Waals surface area contributed by atoms with Crippen molar-refractivity contribution in [2.24, 2.45) is 5.73 Å². The molecule has 3 N–H and O–H groups in total. The number of primary amides is 1. The van der Waals surface area contributed by atoms with E-state index in [4.69, 9.17) is 5.73 Å². The van der Waals surface area contributed by atoms with Crippen molar-refractivity contribution < 1.29 is 14.4 Å². The molecule has 2 fully saturated rings. The molecule has 0 aromatic carbocycles. The monoisotopic (exact) mass is 281 g/mol. The second-order valence-electron chi connectivity index (χ2n) is 5.65. The summed E-state index contributed by atoms with van der Waals surface area (Å²) < 4.78 is 0. The number of nitrogens with two attached hydrogens (primary N) is 1. The molecular weight excluding hydrogens is 258 g/mol. The van der Waals surface area contributed by atoms with Gasteiger partial charge in [0.2, 0.25) is 17.7 Å². The van der Waals surface area contributed by atoms with Gasteiger partial charge in [-0.15, -0.1) is 0 Å². The standard InChI is InChI=1S/C14H23N3O3/c1-2-12(18)16-10-6-4-3-5-9-7-8-11(13(15)19)17(9)14(10)20/h9-11H,2-8H2,1H3,(H2,15,19)(H,16,18)/t9-,10-,11-/m0/s1. The third-order valence-electron chi connectivity index (χ3n) is 4.32. The number of hydrogen-bond acceptors (Lipinski definition) is 3. The number of carbonyl (C=O) groups excluding carboxylic acids is 3. The summed E-state index contributed by atoms with van der Waals surface area (Å²) >= 11 is 0. The Morgan fingerprint density at radius 2 is 1.95 bits per heavy atom. The van der Waals surface area contributed by atoms with Crippen LogP contribution in [0.2, 0.25) is 0 Å². The molecule has 0 radical (unpaired) electrons. The van der Waals surface area contributed by atoms with Gasteiger partial charge in [0, 0.05) is 12.5 Å². The minimum absolute atomic E-state index is 0.0985. The molecule has 20 heavy (non-hydrogen) atoms. The SMILES string of the molecule is CCC(=O)N[C@H]1CCCC[C@H]2CC[C@@H](C(N)=O)N2C1=O. The quantitative estimate of drug-likeness (QED) is 0.779. The van der Waals surface area contributed by atoms with Crippen LogP contribution >= 0.6 is 0 Å². The Labute approximate surface area is 119 Å². The maximum atomic E-state index is 12.6. The Morgan fingerprint density at radius 1 is 1.25 bits per heavy atom. The lowest BCUT2D eigenvalue weighted by Gasteiger charge is -2.34. The molecule has 0 bridgehead atoms. The van der Waals surface area contributed by atoms with Gasteiger partial charge in [-0.05, 0) is 25.7 Å². The van der Waals surface area contributed by atoms with Crippen LogP contribution in [0.25, 0.3) is 0 Å². The van der Waals surface area contributed by atoms with E-state index in [2.05, 4.69) is 5.32 Å². The zero-order chi connectivity index (χ0) is 14.7. The Hall–Kier alpha value is -1.59. The second-order valence-corrected chi connectivity index (χ2v) is 5.65. The molecule has 2 rings (SSSR count). The van der Waals surface area contributed by atoms with Gasteiger partial charge in [-0.25, -0.2) is 0 Å². The van der Waals surface area contributed by atoms with Gasteiger partial charge < -0.3 is 16.0 Å². The maximum Gasteiger partial charge on any atom is 0.246 e. The normalized spacial score (nSPS) is 30.4. The molecule has 112 valence electrons. The van der Waals surface area contributed by atoms with E-state index < -0.39 is 18.0 Å². The van der Waals surface area contributed by atoms with Crippen LogP contribution in [0.15, 0.2) is 0 Å². The fraction of sp³-hybridized carbons (Fsp3) is 0.786. The van der Waals surface area contributed by atoms with Crippen molar-refractivity contribution in [3.8, 4) is 0 Å². The summed E-state index contributed by atoms with van der Waals surface area (Å²) in [6.45, 7) is 1.76. The number of amides is 3. The molecular formula is C14H23N3O3. The highest BCUT2D eigenvalue weighted by Gasteiger charge is 2.42. The summed E-state index contributed by atoms with van der Waals surface area (Å²) in [5, 5.41) is 2.78.